The lowest BCUT2D eigenvalue weighted by atomic mass is 9.80. The van der Waals surface area contributed by atoms with Crippen molar-refractivity contribution in [2.45, 2.75) is 64.3 Å². The largest absolute Gasteiger partial charge is 0.381 e. The fourth-order valence-electron chi connectivity index (χ4n) is 4.89. The molecule has 0 spiro atoms. The van der Waals surface area contributed by atoms with Crippen molar-refractivity contribution in [1.82, 2.24) is 10.2 Å². The molecular formula is C18H34N2O. The van der Waals surface area contributed by atoms with Crippen LogP contribution in [0.25, 0.3) is 0 Å². The first-order chi connectivity index (χ1) is 10.3. The van der Waals surface area contributed by atoms with Crippen LogP contribution < -0.4 is 5.32 Å². The Bertz CT molecular complexity index is 314. The van der Waals surface area contributed by atoms with Crippen molar-refractivity contribution in [3.05, 3.63) is 0 Å². The van der Waals surface area contributed by atoms with E-state index >= 15 is 0 Å². The highest BCUT2D eigenvalue weighted by Crippen LogP contribution is 2.39. The molecule has 3 aliphatic rings. The summed E-state index contributed by atoms with van der Waals surface area (Å²) < 4.78 is 5.90. The molecule has 2 aliphatic heterocycles. The molecule has 2 heterocycles. The smallest absolute Gasteiger partial charge is 0.0546 e. The van der Waals surface area contributed by atoms with E-state index in [4.69, 9.17) is 4.74 Å². The molecule has 1 aliphatic carbocycles. The Balaban J connectivity index is 1.60. The molecule has 3 unspecified atom stereocenters. The molecule has 3 nitrogen and oxygen atoms in total. The normalized spacial score (nSPS) is 37.6. The molecule has 122 valence electrons. The van der Waals surface area contributed by atoms with Crippen LogP contribution in [0.3, 0.4) is 0 Å². The van der Waals surface area contributed by atoms with Crippen molar-refractivity contribution in [3.8, 4) is 0 Å². The molecule has 3 heteroatoms. The maximum Gasteiger partial charge on any atom is 0.0546 e. The molecule has 0 radical (unpaired) electrons. The van der Waals surface area contributed by atoms with Gasteiger partial charge in [-0.25, -0.2) is 0 Å². The minimum Gasteiger partial charge on any atom is -0.381 e. The lowest BCUT2D eigenvalue weighted by molar-refractivity contribution is -0.0309. The van der Waals surface area contributed by atoms with Crippen LogP contribution in [0.5, 0.6) is 0 Å². The van der Waals surface area contributed by atoms with E-state index < -0.39 is 0 Å². The van der Waals surface area contributed by atoms with Gasteiger partial charge in [0.2, 0.25) is 0 Å². The fraction of sp³-hybridized carbons (Fsp3) is 1.00. The second kappa shape index (κ2) is 7.43. The van der Waals surface area contributed by atoms with Gasteiger partial charge in [-0.15, -0.1) is 0 Å². The summed E-state index contributed by atoms with van der Waals surface area (Å²) in [5.41, 5.74) is 0.375. The third-order valence-electron chi connectivity index (χ3n) is 5.99. The first-order valence-electron chi connectivity index (χ1n) is 9.35. The van der Waals surface area contributed by atoms with Crippen LogP contribution in [-0.4, -0.2) is 50.3 Å². The third-order valence-corrected chi connectivity index (χ3v) is 5.99. The van der Waals surface area contributed by atoms with Gasteiger partial charge < -0.3 is 10.1 Å². The van der Waals surface area contributed by atoms with Gasteiger partial charge in [0.05, 0.1) is 6.61 Å². The maximum absolute atomic E-state index is 5.90. The molecule has 21 heavy (non-hydrogen) atoms. The van der Waals surface area contributed by atoms with Crippen molar-refractivity contribution < 1.29 is 4.74 Å². The number of ether oxygens (including phenoxy) is 1. The summed E-state index contributed by atoms with van der Waals surface area (Å²) >= 11 is 0. The van der Waals surface area contributed by atoms with E-state index in [0.29, 0.717) is 5.41 Å². The van der Waals surface area contributed by atoms with Crippen LogP contribution in [0.15, 0.2) is 0 Å². The van der Waals surface area contributed by atoms with Gasteiger partial charge in [0.1, 0.15) is 0 Å². The van der Waals surface area contributed by atoms with Gasteiger partial charge in [0, 0.05) is 31.2 Å². The Kier molecular flexibility index (Phi) is 5.58. The highest BCUT2D eigenvalue weighted by molar-refractivity contribution is 4.95. The van der Waals surface area contributed by atoms with Crippen LogP contribution in [0.2, 0.25) is 0 Å². The van der Waals surface area contributed by atoms with E-state index in [2.05, 4.69) is 17.1 Å². The lowest BCUT2D eigenvalue weighted by Gasteiger charge is -2.43. The van der Waals surface area contributed by atoms with Gasteiger partial charge in [-0.05, 0) is 57.5 Å². The Hall–Kier alpha value is -0.120. The van der Waals surface area contributed by atoms with E-state index in [0.717, 1.165) is 38.3 Å². The SMILES string of the molecule is CCCNCC1(CN2CCC3CCCCC32)CCCOC1. The van der Waals surface area contributed by atoms with Crippen molar-refractivity contribution in [2.24, 2.45) is 11.3 Å². The molecular weight excluding hydrogens is 260 g/mol. The minimum atomic E-state index is 0.375. The number of hydrogen-bond acceptors (Lipinski definition) is 3. The highest BCUT2D eigenvalue weighted by Gasteiger charge is 2.41. The number of nitrogens with one attached hydrogen (secondary N) is 1. The minimum absolute atomic E-state index is 0.375. The summed E-state index contributed by atoms with van der Waals surface area (Å²) in [6.45, 7) is 9.10. The van der Waals surface area contributed by atoms with E-state index in [1.54, 1.807) is 0 Å². The predicted molar refractivity (Wildman–Crippen MR) is 87.6 cm³/mol. The summed E-state index contributed by atoms with van der Waals surface area (Å²) in [6.07, 6.45) is 11.1. The van der Waals surface area contributed by atoms with Gasteiger partial charge in [0.25, 0.3) is 0 Å². The van der Waals surface area contributed by atoms with Crippen LogP contribution in [-0.2, 0) is 4.74 Å². The quantitative estimate of drug-likeness (QED) is 0.762. The Morgan fingerprint density at radius 1 is 1.19 bits per heavy atom. The first-order valence-corrected chi connectivity index (χ1v) is 9.35. The molecule has 3 fully saturated rings. The summed E-state index contributed by atoms with van der Waals surface area (Å²) in [7, 11) is 0. The fourth-order valence-corrected chi connectivity index (χ4v) is 4.89. The second-order valence-corrected chi connectivity index (χ2v) is 7.70. The number of nitrogens with zero attached hydrogens (tertiary/aromatic N) is 1. The molecule has 1 saturated carbocycles. The number of likely N-dealkylation sites (tertiary alicyclic amines) is 1. The molecule has 0 aromatic carbocycles. The third kappa shape index (κ3) is 3.80. The van der Waals surface area contributed by atoms with Gasteiger partial charge in [-0.1, -0.05) is 19.8 Å². The monoisotopic (exact) mass is 294 g/mol. The first kappa shape index (κ1) is 15.8. The van der Waals surface area contributed by atoms with E-state index in [1.165, 1.54) is 64.5 Å². The molecule has 1 N–H and O–H groups in total. The maximum atomic E-state index is 5.90. The van der Waals surface area contributed by atoms with Gasteiger partial charge in [0.15, 0.2) is 0 Å². The Morgan fingerprint density at radius 2 is 2.10 bits per heavy atom. The van der Waals surface area contributed by atoms with Crippen molar-refractivity contribution in [3.63, 3.8) is 0 Å². The van der Waals surface area contributed by atoms with Crippen LogP contribution >= 0.6 is 0 Å². The van der Waals surface area contributed by atoms with Crippen LogP contribution in [0.1, 0.15) is 58.3 Å². The van der Waals surface area contributed by atoms with Crippen molar-refractivity contribution in [2.75, 3.05) is 39.4 Å². The highest BCUT2D eigenvalue weighted by atomic mass is 16.5. The van der Waals surface area contributed by atoms with Crippen LogP contribution in [0, 0.1) is 11.3 Å². The number of fused-ring (bicyclic) bond motifs is 1. The summed E-state index contributed by atoms with van der Waals surface area (Å²) in [5.74, 6) is 1.00. The van der Waals surface area contributed by atoms with Crippen LogP contribution in [0.4, 0.5) is 0 Å². The van der Waals surface area contributed by atoms with E-state index in [9.17, 15) is 0 Å². The predicted octanol–water partition coefficient (Wildman–Crippen LogP) is 3.05. The topological polar surface area (TPSA) is 24.5 Å². The number of rotatable bonds is 6. The Labute approximate surface area is 130 Å². The van der Waals surface area contributed by atoms with E-state index in [1.807, 2.05) is 0 Å². The molecule has 0 aromatic heterocycles. The van der Waals surface area contributed by atoms with Gasteiger partial charge >= 0.3 is 0 Å². The molecule has 2 saturated heterocycles. The standard InChI is InChI=1S/C18H34N2O/c1-2-10-19-13-18(9-5-12-21-15-18)14-20-11-8-16-6-3-4-7-17(16)20/h16-17,19H,2-15H2,1H3. The average Bonchev–Trinajstić information content (AvgIpc) is 2.92. The second-order valence-electron chi connectivity index (χ2n) is 7.70. The Morgan fingerprint density at radius 3 is 2.90 bits per heavy atom. The number of hydrogen-bond donors (Lipinski definition) is 1. The zero-order valence-electron chi connectivity index (χ0n) is 13.9. The molecule has 0 amide bonds. The zero-order valence-corrected chi connectivity index (χ0v) is 13.9. The molecule has 0 bridgehead atoms. The van der Waals surface area contributed by atoms with E-state index in [-0.39, 0.29) is 0 Å². The lowest BCUT2D eigenvalue weighted by Crippen LogP contribution is -2.51. The summed E-state index contributed by atoms with van der Waals surface area (Å²) in [4.78, 5) is 2.84. The van der Waals surface area contributed by atoms with Gasteiger partial charge in [-0.2, -0.15) is 0 Å². The van der Waals surface area contributed by atoms with Crippen molar-refractivity contribution >= 4 is 0 Å². The summed E-state index contributed by atoms with van der Waals surface area (Å²) in [5, 5.41) is 3.68. The molecule has 3 rings (SSSR count). The average molecular weight is 294 g/mol. The van der Waals surface area contributed by atoms with Crippen molar-refractivity contribution in [1.29, 1.82) is 0 Å². The summed E-state index contributed by atoms with van der Waals surface area (Å²) in [6, 6.07) is 0.892. The zero-order chi connectivity index (χ0) is 14.5. The molecule has 0 aromatic rings. The van der Waals surface area contributed by atoms with Gasteiger partial charge in [-0.3, -0.25) is 4.90 Å². The molecule has 3 atom stereocenters.